The average molecular weight is 160 g/mol. The molecule has 2 heteroatoms. The van der Waals surface area contributed by atoms with Crippen LogP contribution < -0.4 is 0 Å². The summed E-state index contributed by atoms with van der Waals surface area (Å²) in [6, 6.07) is 0. The number of alkyl halides is 1. The van der Waals surface area contributed by atoms with E-state index in [1.54, 1.807) is 12.3 Å². The number of hydrogen-bond acceptors (Lipinski definition) is 1. The molecule has 0 aliphatic carbocycles. The lowest BCUT2D eigenvalue weighted by molar-refractivity contribution is 0.581. The second-order valence-corrected chi connectivity index (χ2v) is 2.71. The van der Waals surface area contributed by atoms with Gasteiger partial charge in [-0.2, -0.15) is 0 Å². The molecule has 1 unspecified atom stereocenters. The Kier molecular flexibility index (Phi) is 6.61. The van der Waals surface area contributed by atoms with Gasteiger partial charge in [-0.05, 0) is 12.3 Å². The Labute approximate surface area is 67.8 Å². The fourth-order valence-corrected chi connectivity index (χ4v) is 0.965. The molecular formula is C8H14ClN. The van der Waals surface area contributed by atoms with Crippen molar-refractivity contribution in [2.45, 2.75) is 13.3 Å². The third-order valence-electron chi connectivity index (χ3n) is 1.23. The van der Waals surface area contributed by atoms with Crippen LogP contribution in [0.1, 0.15) is 13.3 Å². The van der Waals surface area contributed by atoms with Crippen molar-refractivity contribution in [2.24, 2.45) is 10.9 Å². The van der Waals surface area contributed by atoms with E-state index in [-0.39, 0.29) is 0 Å². The maximum absolute atomic E-state index is 5.54. The van der Waals surface area contributed by atoms with Gasteiger partial charge in [-0.3, -0.25) is 4.99 Å². The van der Waals surface area contributed by atoms with Crippen LogP contribution >= 0.6 is 11.6 Å². The van der Waals surface area contributed by atoms with Crippen LogP contribution in [0, 0.1) is 5.92 Å². The molecule has 1 nitrogen and oxygen atoms in total. The largest absolute Gasteiger partial charge is 0.293 e. The zero-order valence-corrected chi connectivity index (χ0v) is 7.14. The molecule has 1 atom stereocenters. The zero-order chi connectivity index (χ0) is 7.82. The highest BCUT2D eigenvalue weighted by Gasteiger charge is 1.96. The minimum Gasteiger partial charge on any atom is -0.293 e. The van der Waals surface area contributed by atoms with Crippen LogP contribution in [0.5, 0.6) is 0 Å². The molecule has 10 heavy (non-hydrogen) atoms. The van der Waals surface area contributed by atoms with Crippen molar-refractivity contribution in [2.75, 3.05) is 12.4 Å². The van der Waals surface area contributed by atoms with Crippen LogP contribution in [-0.4, -0.2) is 18.6 Å². The van der Waals surface area contributed by atoms with Crippen molar-refractivity contribution in [3.8, 4) is 0 Å². The third-order valence-corrected chi connectivity index (χ3v) is 1.45. The van der Waals surface area contributed by atoms with E-state index in [0.29, 0.717) is 5.92 Å². The van der Waals surface area contributed by atoms with Crippen LogP contribution in [0.25, 0.3) is 0 Å². The molecule has 0 amide bonds. The van der Waals surface area contributed by atoms with Crippen molar-refractivity contribution in [1.82, 2.24) is 0 Å². The molecule has 0 aromatic rings. The Bertz CT molecular complexity index is 110. The average Bonchev–Trinajstić information content (AvgIpc) is 1.89. The van der Waals surface area contributed by atoms with Gasteiger partial charge in [-0.1, -0.05) is 19.6 Å². The Morgan fingerprint density at radius 2 is 2.40 bits per heavy atom. The number of allylic oxidation sites excluding steroid dienone is 1. The number of halogens is 1. The first-order valence-electron chi connectivity index (χ1n) is 3.48. The lowest BCUT2D eigenvalue weighted by Gasteiger charge is -2.02. The highest BCUT2D eigenvalue weighted by molar-refractivity contribution is 6.17. The molecule has 0 bridgehead atoms. The van der Waals surface area contributed by atoms with E-state index in [2.05, 4.69) is 18.5 Å². The first-order valence-corrected chi connectivity index (χ1v) is 4.01. The minimum atomic E-state index is 0.591. The van der Waals surface area contributed by atoms with Gasteiger partial charge in [0.2, 0.25) is 0 Å². The van der Waals surface area contributed by atoms with Gasteiger partial charge in [-0.15, -0.1) is 11.6 Å². The molecule has 0 saturated carbocycles. The van der Waals surface area contributed by atoms with Gasteiger partial charge in [0.15, 0.2) is 0 Å². The van der Waals surface area contributed by atoms with Gasteiger partial charge in [0.05, 0.1) is 0 Å². The molecule has 0 radical (unpaired) electrons. The Morgan fingerprint density at radius 1 is 1.70 bits per heavy atom. The van der Waals surface area contributed by atoms with Crippen LogP contribution in [0.2, 0.25) is 0 Å². The Hall–Kier alpha value is -0.300. The molecule has 0 fully saturated rings. The Morgan fingerprint density at radius 3 is 2.90 bits per heavy atom. The minimum absolute atomic E-state index is 0.591. The van der Waals surface area contributed by atoms with Crippen molar-refractivity contribution in [3.05, 3.63) is 12.7 Å². The zero-order valence-electron chi connectivity index (χ0n) is 6.39. The monoisotopic (exact) mass is 159 g/mol. The number of aliphatic imine (C=N–C) groups is 1. The summed E-state index contributed by atoms with van der Waals surface area (Å²) in [5.74, 6) is 1.32. The maximum atomic E-state index is 5.54. The normalized spacial score (nSPS) is 13.8. The van der Waals surface area contributed by atoms with Crippen molar-refractivity contribution < 1.29 is 0 Å². The highest BCUT2D eigenvalue weighted by Crippen LogP contribution is 2.02. The second kappa shape index (κ2) is 6.81. The number of nitrogens with zero attached hydrogens (tertiary/aromatic N) is 1. The predicted molar refractivity (Wildman–Crippen MR) is 48.1 cm³/mol. The topological polar surface area (TPSA) is 12.4 Å². The lowest BCUT2D eigenvalue weighted by Crippen LogP contribution is -1.99. The molecule has 0 rings (SSSR count). The molecule has 0 heterocycles. The smallest absolute Gasteiger partial charge is 0.0415 e. The van der Waals surface area contributed by atoms with Gasteiger partial charge in [-0.25, -0.2) is 0 Å². The van der Waals surface area contributed by atoms with Crippen LogP contribution in [0.3, 0.4) is 0 Å². The lowest BCUT2D eigenvalue weighted by atomic mass is 10.1. The predicted octanol–water partition coefficient (Wildman–Crippen LogP) is 2.51. The number of rotatable bonds is 5. The van der Waals surface area contributed by atoms with Gasteiger partial charge in [0, 0.05) is 18.6 Å². The van der Waals surface area contributed by atoms with Gasteiger partial charge in [0.1, 0.15) is 0 Å². The fourth-order valence-electron chi connectivity index (χ4n) is 0.593. The molecule has 0 aliphatic rings. The quantitative estimate of drug-likeness (QED) is 0.432. The molecule has 0 aliphatic heterocycles. The molecule has 0 N–H and O–H groups in total. The van der Waals surface area contributed by atoms with E-state index in [4.69, 9.17) is 11.6 Å². The summed E-state index contributed by atoms with van der Waals surface area (Å²) in [4.78, 5) is 4.11. The first kappa shape index (κ1) is 9.70. The highest BCUT2D eigenvalue weighted by atomic mass is 35.5. The van der Waals surface area contributed by atoms with E-state index >= 15 is 0 Å². The summed E-state index contributed by atoms with van der Waals surface area (Å²) < 4.78 is 0. The first-order chi connectivity index (χ1) is 4.81. The van der Waals surface area contributed by atoms with Crippen LogP contribution in [0.4, 0.5) is 0 Å². The van der Waals surface area contributed by atoms with Gasteiger partial charge >= 0.3 is 0 Å². The summed E-state index contributed by atoms with van der Waals surface area (Å²) in [6.07, 6.45) is 4.45. The Balaban J connectivity index is 3.28. The molecule has 0 spiro atoms. The van der Waals surface area contributed by atoms with Crippen LogP contribution in [0.15, 0.2) is 17.6 Å². The molecule has 58 valence electrons. The number of hydrogen-bond donors (Lipinski definition) is 0. The van der Waals surface area contributed by atoms with E-state index in [1.165, 1.54) is 0 Å². The van der Waals surface area contributed by atoms with E-state index in [1.807, 2.05) is 0 Å². The van der Waals surface area contributed by atoms with Gasteiger partial charge in [0.25, 0.3) is 0 Å². The third kappa shape index (κ3) is 5.83. The summed E-state index contributed by atoms with van der Waals surface area (Å²) in [5.41, 5.74) is 0. The molecular weight excluding hydrogens is 146 g/mol. The summed E-state index contributed by atoms with van der Waals surface area (Å²) in [7, 11) is 0. The van der Waals surface area contributed by atoms with E-state index < -0.39 is 0 Å². The van der Waals surface area contributed by atoms with E-state index in [9.17, 15) is 0 Å². The standard InChI is InChI=1S/C8H14ClN/c1-3-6-10-7-8(2)4-5-9/h3,6,8H,1,4-5,7H2,2H3. The molecule has 0 saturated heterocycles. The second-order valence-electron chi connectivity index (χ2n) is 2.33. The van der Waals surface area contributed by atoms with Gasteiger partial charge < -0.3 is 0 Å². The molecule has 0 aromatic heterocycles. The fraction of sp³-hybridized carbons (Fsp3) is 0.625. The maximum Gasteiger partial charge on any atom is 0.0415 e. The SMILES string of the molecule is C=CC=NCC(C)CCCl. The van der Waals surface area contributed by atoms with Crippen LogP contribution in [-0.2, 0) is 0 Å². The van der Waals surface area contributed by atoms with Crippen molar-refractivity contribution in [3.63, 3.8) is 0 Å². The summed E-state index contributed by atoms with van der Waals surface area (Å²) >= 11 is 5.54. The van der Waals surface area contributed by atoms with E-state index in [0.717, 1.165) is 18.8 Å². The summed E-state index contributed by atoms with van der Waals surface area (Å²) in [6.45, 7) is 6.53. The molecule has 0 aromatic carbocycles. The van der Waals surface area contributed by atoms with Crippen molar-refractivity contribution >= 4 is 17.8 Å². The van der Waals surface area contributed by atoms with Crippen molar-refractivity contribution in [1.29, 1.82) is 0 Å². The summed E-state index contributed by atoms with van der Waals surface area (Å²) in [5, 5.41) is 0.